The minimum absolute atomic E-state index is 0.135. The first-order chi connectivity index (χ1) is 6.90. The van der Waals surface area contributed by atoms with Crippen LogP contribution in [0.25, 0.3) is 0 Å². The van der Waals surface area contributed by atoms with Gasteiger partial charge in [0.15, 0.2) is 0 Å². The topological polar surface area (TPSA) is 23.5 Å². The summed E-state index contributed by atoms with van der Waals surface area (Å²) in [5.41, 5.74) is 2.06. The molecule has 0 amide bonds. The fourth-order valence-corrected chi connectivity index (χ4v) is 2.53. The van der Waals surface area contributed by atoms with E-state index in [-0.39, 0.29) is 12.0 Å². The van der Waals surface area contributed by atoms with Crippen LogP contribution in [-0.2, 0) is 5.41 Å². The maximum Gasteiger partial charge on any atom is 0.0523 e. The summed E-state index contributed by atoms with van der Waals surface area (Å²) in [5, 5.41) is 9.44. The Morgan fingerprint density at radius 3 is 2.40 bits per heavy atom. The molecule has 15 heavy (non-hydrogen) atoms. The fourth-order valence-electron chi connectivity index (χ4n) is 1.63. The third kappa shape index (κ3) is 2.52. The largest absolute Gasteiger partial charge is 0.395 e. The van der Waals surface area contributed by atoms with E-state index in [9.17, 15) is 5.11 Å². The van der Waals surface area contributed by atoms with Gasteiger partial charge in [0.05, 0.1) is 6.61 Å². The van der Waals surface area contributed by atoms with Gasteiger partial charge in [-0.25, -0.2) is 0 Å². The number of anilines is 1. The standard InChI is InChI=1S/C12H18BrNO/c1-12(2,8-15)11-9(13)6-5-7-10(11)14(3)4/h5-7,15H,8H2,1-4H3. The summed E-state index contributed by atoms with van der Waals surface area (Å²) in [6, 6.07) is 6.09. The summed E-state index contributed by atoms with van der Waals surface area (Å²) >= 11 is 3.55. The van der Waals surface area contributed by atoms with E-state index in [1.165, 1.54) is 0 Å². The van der Waals surface area contributed by atoms with Gasteiger partial charge in [-0.05, 0) is 17.7 Å². The van der Waals surface area contributed by atoms with Crippen LogP contribution in [0.3, 0.4) is 0 Å². The minimum atomic E-state index is -0.236. The molecule has 1 rings (SSSR count). The molecule has 0 radical (unpaired) electrons. The number of aliphatic hydroxyl groups excluding tert-OH is 1. The molecule has 0 saturated carbocycles. The third-order valence-electron chi connectivity index (χ3n) is 2.55. The Bertz CT molecular complexity index is 347. The van der Waals surface area contributed by atoms with Crippen LogP contribution in [0.2, 0.25) is 0 Å². The molecule has 1 aromatic rings. The highest BCUT2D eigenvalue weighted by Gasteiger charge is 2.25. The fraction of sp³-hybridized carbons (Fsp3) is 0.500. The van der Waals surface area contributed by atoms with Gasteiger partial charge in [-0.15, -0.1) is 0 Å². The van der Waals surface area contributed by atoms with Gasteiger partial charge >= 0.3 is 0 Å². The lowest BCUT2D eigenvalue weighted by Crippen LogP contribution is -2.26. The second kappa shape index (κ2) is 4.54. The summed E-state index contributed by atoms with van der Waals surface area (Å²) < 4.78 is 1.05. The second-order valence-corrected chi connectivity index (χ2v) is 5.42. The molecule has 3 heteroatoms. The second-order valence-electron chi connectivity index (χ2n) is 4.57. The number of hydrogen-bond acceptors (Lipinski definition) is 2. The Morgan fingerprint density at radius 1 is 1.33 bits per heavy atom. The number of rotatable bonds is 3. The number of aliphatic hydroxyl groups is 1. The van der Waals surface area contributed by atoms with Crippen LogP contribution >= 0.6 is 15.9 Å². The maximum absolute atomic E-state index is 9.44. The smallest absolute Gasteiger partial charge is 0.0523 e. The predicted molar refractivity (Wildman–Crippen MR) is 68.6 cm³/mol. The van der Waals surface area contributed by atoms with Crippen molar-refractivity contribution in [3.8, 4) is 0 Å². The summed E-state index contributed by atoms with van der Waals surface area (Å²) in [5.74, 6) is 0. The SMILES string of the molecule is CN(C)c1cccc(Br)c1C(C)(C)CO. The van der Waals surface area contributed by atoms with Crippen molar-refractivity contribution in [2.45, 2.75) is 19.3 Å². The molecule has 1 N–H and O–H groups in total. The van der Waals surface area contributed by atoms with Crippen molar-refractivity contribution in [1.29, 1.82) is 0 Å². The van der Waals surface area contributed by atoms with Crippen LogP contribution in [-0.4, -0.2) is 25.8 Å². The molecule has 0 aliphatic rings. The highest BCUT2D eigenvalue weighted by Crippen LogP contribution is 2.36. The normalized spacial score (nSPS) is 11.6. The lowest BCUT2D eigenvalue weighted by Gasteiger charge is -2.29. The van der Waals surface area contributed by atoms with Crippen molar-refractivity contribution < 1.29 is 5.11 Å². The lowest BCUT2D eigenvalue weighted by atomic mass is 9.84. The quantitative estimate of drug-likeness (QED) is 0.914. The van der Waals surface area contributed by atoms with Gasteiger partial charge in [0.25, 0.3) is 0 Å². The van der Waals surface area contributed by atoms with Crippen LogP contribution < -0.4 is 4.90 Å². The van der Waals surface area contributed by atoms with Gasteiger partial charge < -0.3 is 10.0 Å². The van der Waals surface area contributed by atoms with Gasteiger partial charge in [0.2, 0.25) is 0 Å². The van der Waals surface area contributed by atoms with Crippen molar-refractivity contribution in [3.63, 3.8) is 0 Å². The summed E-state index contributed by atoms with van der Waals surface area (Å²) in [7, 11) is 4.03. The monoisotopic (exact) mass is 271 g/mol. The number of hydrogen-bond donors (Lipinski definition) is 1. The third-order valence-corrected chi connectivity index (χ3v) is 3.21. The van der Waals surface area contributed by atoms with Gasteiger partial charge in [-0.2, -0.15) is 0 Å². The molecule has 0 unspecified atom stereocenters. The lowest BCUT2D eigenvalue weighted by molar-refractivity contribution is 0.218. The zero-order valence-electron chi connectivity index (χ0n) is 9.71. The molecule has 0 fully saturated rings. The molecule has 1 aromatic carbocycles. The molecule has 0 aliphatic carbocycles. The van der Waals surface area contributed by atoms with Crippen LogP contribution in [0.5, 0.6) is 0 Å². The first kappa shape index (κ1) is 12.5. The molecule has 0 atom stereocenters. The number of nitrogens with zero attached hydrogens (tertiary/aromatic N) is 1. The van der Waals surface area contributed by atoms with Crippen molar-refractivity contribution in [3.05, 3.63) is 28.2 Å². The average Bonchev–Trinajstić information content (AvgIpc) is 2.17. The molecule has 84 valence electrons. The first-order valence-corrected chi connectivity index (χ1v) is 5.76. The predicted octanol–water partition coefficient (Wildman–Crippen LogP) is 2.79. The minimum Gasteiger partial charge on any atom is -0.395 e. The van der Waals surface area contributed by atoms with Gasteiger partial charge in [-0.3, -0.25) is 0 Å². The molecule has 0 aromatic heterocycles. The van der Waals surface area contributed by atoms with Gasteiger partial charge in [0, 0.05) is 29.7 Å². The van der Waals surface area contributed by atoms with E-state index in [1.807, 2.05) is 40.1 Å². The summed E-state index contributed by atoms with van der Waals surface area (Å²) in [4.78, 5) is 2.07. The van der Waals surface area contributed by atoms with E-state index in [0.29, 0.717) is 0 Å². The van der Waals surface area contributed by atoms with Gasteiger partial charge in [0.1, 0.15) is 0 Å². The molecule has 0 aliphatic heterocycles. The van der Waals surface area contributed by atoms with E-state index < -0.39 is 0 Å². The van der Waals surface area contributed by atoms with Gasteiger partial charge in [-0.1, -0.05) is 35.8 Å². The Morgan fingerprint density at radius 2 is 1.93 bits per heavy atom. The highest BCUT2D eigenvalue weighted by atomic mass is 79.9. The Labute approximate surface area is 100 Å². The van der Waals surface area contributed by atoms with Crippen molar-refractivity contribution in [2.75, 3.05) is 25.6 Å². The summed E-state index contributed by atoms with van der Waals surface area (Å²) in [6.45, 7) is 4.22. The van der Waals surface area contributed by atoms with E-state index in [0.717, 1.165) is 15.7 Å². The van der Waals surface area contributed by atoms with Crippen molar-refractivity contribution in [1.82, 2.24) is 0 Å². The Kier molecular flexibility index (Phi) is 3.79. The number of benzene rings is 1. The van der Waals surface area contributed by atoms with Crippen molar-refractivity contribution >= 4 is 21.6 Å². The van der Waals surface area contributed by atoms with Crippen molar-refractivity contribution in [2.24, 2.45) is 0 Å². The summed E-state index contributed by atoms with van der Waals surface area (Å²) in [6.07, 6.45) is 0. The molecular formula is C12H18BrNO. The van der Waals surface area contributed by atoms with Crippen LogP contribution in [0.1, 0.15) is 19.4 Å². The zero-order valence-corrected chi connectivity index (χ0v) is 11.3. The first-order valence-electron chi connectivity index (χ1n) is 4.97. The van der Waals surface area contributed by atoms with E-state index in [1.54, 1.807) is 0 Å². The van der Waals surface area contributed by atoms with Crippen LogP contribution in [0.15, 0.2) is 22.7 Å². The molecule has 0 bridgehead atoms. The molecular weight excluding hydrogens is 254 g/mol. The molecule has 2 nitrogen and oxygen atoms in total. The van der Waals surface area contributed by atoms with E-state index >= 15 is 0 Å². The van der Waals surface area contributed by atoms with E-state index in [4.69, 9.17) is 0 Å². The Hall–Kier alpha value is -0.540. The Balaban J connectivity index is 3.37. The van der Waals surface area contributed by atoms with E-state index in [2.05, 4.69) is 26.9 Å². The van der Waals surface area contributed by atoms with Crippen LogP contribution in [0, 0.1) is 0 Å². The number of halogens is 1. The maximum atomic E-state index is 9.44. The van der Waals surface area contributed by atoms with Crippen LogP contribution in [0.4, 0.5) is 5.69 Å². The highest BCUT2D eigenvalue weighted by molar-refractivity contribution is 9.10. The molecule has 0 spiro atoms. The zero-order chi connectivity index (χ0) is 11.6. The molecule has 0 saturated heterocycles. The molecule has 0 heterocycles. The average molecular weight is 272 g/mol.